The molecule has 0 bridgehead atoms. The van der Waals surface area contributed by atoms with Crippen LogP contribution < -0.4 is 0 Å². The third-order valence-corrected chi connectivity index (χ3v) is 12.6. The summed E-state index contributed by atoms with van der Waals surface area (Å²) >= 11 is 0. The lowest BCUT2D eigenvalue weighted by atomic mass is 9.43. The van der Waals surface area contributed by atoms with Crippen LogP contribution in [0.5, 0.6) is 0 Å². The normalized spacial score (nSPS) is 49.1. The monoisotopic (exact) mass is 470 g/mol. The van der Waals surface area contributed by atoms with Gasteiger partial charge in [-0.1, -0.05) is 58.8 Å². The summed E-state index contributed by atoms with van der Waals surface area (Å²) in [5, 5.41) is 10.9. The highest BCUT2D eigenvalue weighted by Gasteiger charge is 2.63. The van der Waals surface area contributed by atoms with Crippen molar-refractivity contribution in [2.45, 2.75) is 125 Å². The molecular formula is C31H50O3. The number of aliphatic hydroxyl groups excluding tert-OH is 1. The second-order valence-corrected chi connectivity index (χ2v) is 14.0. The molecule has 192 valence electrons. The van der Waals surface area contributed by atoms with E-state index in [1.165, 1.54) is 44.1 Å². The predicted molar refractivity (Wildman–Crippen MR) is 138 cm³/mol. The van der Waals surface area contributed by atoms with Crippen molar-refractivity contribution in [2.75, 3.05) is 7.11 Å². The van der Waals surface area contributed by atoms with Crippen LogP contribution in [0.25, 0.3) is 0 Å². The van der Waals surface area contributed by atoms with E-state index in [9.17, 15) is 5.11 Å². The van der Waals surface area contributed by atoms with Crippen molar-refractivity contribution in [3.8, 4) is 0 Å². The van der Waals surface area contributed by atoms with Crippen LogP contribution in [-0.4, -0.2) is 30.7 Å². The van der Waals surface area contributed by atoms with E-state index in [0.717, 1.165) is 19.3 Å². The fourth-order valence-corrected chi connectivity index (χ4v) is 10.1. The van der Waals surface area contributed by atoms with E-state index in [4.69, 9.17) is 9.47 Å². The Bertz CT molecular complexity index is 885. The van der Waals surface area contributed by atoms with Crippen molar-refractivity contribution in [1.82, 2.24) is 0 Å². The van der Waals surface area contributed by atoms with Gasteiger partial charge in [-0.15, -0.1) is 0 Å². The van der Waals surface area contributed by atoms with E-state index >= 15 is 0 Å². The average Bonchev–Trinajstić information content (AvgIpc) is 3.08. The van der Waals surface area contributed by atoms with Gasteiger partial charge in [0.25, 0.3) is 0 Å². The van der Waals surface area contributed by atoms with E-state index in [1.54, 1.807) is 7.11 Å². The van der Waals surface area contributed by atoms with Crippen LogP contribution in [0.2, 0.25) is 0 Å². The quantitative estimate of drug-likeness (QED) is 0.436. The highest BCUT2D eigenvalue weighted by atomic mass is 16.7. The Morgan fingerprint density at radius 2 is 1.74 bits per heavy atom. The summed E-state index contributed by atoms with van der Waals surface area (Å²) < 4.78 is 12.1. The summed E-state index contributed by atoms with van der Waals surface area (Å²) in [6.07, 6.45) is 13.1. The molecule has 0 aromatic rings. The van der Waals surface area contributed by atoms with E-state index in [0.29, 0.717) is 28.6 Å². The van der Waals surface area contributed by atoms with Crippen molar-refractivity contribution >= 4 is 0 Å². The Labute approximate surface area is 208 Å². The highest BCUT2D eigenvalue weighted by Crippen LogP contribution is 2.72. The van der Waals surface area contributed by atoms with Gasteiger partial charge in [0.15, 0.2) is 6.29 Å². The van der Waals surface area contributed by atoms with Gasteiger partial charge in [-0.3, -0.25) is 0 Å². The lowest BCUT2D eigenvalue weighted by Gasteiger charge is -2.62. The van der Waals surface area contributed by atoms with Crippen molar-refractivity contribution in [1.29, 1.82) is 0 Å². The van der Waals surface area contributed by atoms with Crippen molar-refractivity contribution < 1.29 is 14.6 Å². The van der Waals surface area contributed by atoms with Gasteiger partial charge in [-0.25, -0.2) is 0 Å². The maximum Gasteiger partial charge on any atom is 0.179 e. The first kappa shape index (κ1) is 25.0. The van der Waals surface area contributed by atoms with E-state index < -0.39 is 0 Å². The zero-order chi connectivity index (χ0) is 24.7. The van der Waals surface area contributed by atoms with Crippen LogP contribution in [0.15, 0.2) is 22.8 Å². The number of allylic oxidation sites excluding steroid dienone is 2. The Morgan fingerprint density at radius 1 is 1.00 bits per heavy atom. The number of ether oxygens (including phenoxy) is 2. The molecule has 0 spiro atoms. The third kappa shape index (κ3) is 3.25. The first-order valence-corrected chi connectivity index (χ1v) is 14.2. The second-order valence-electron chi connectivity index (χ2n) is 14.0. The maximum atomic E-state index is 10.9. The van der Waals surface area contributed by atoms with Gasteiger partial charge in [0.1, 0.15) is 0 Å². The Morgan fingerprint density at radius 3 is 2.44 bits per heavy atom. The van der Waals surface area contributed by atoms with E-state index in [1.807, 2.05) is 11.1 Å². The molecule has 3 nitrogen and oxygen atoms in total. The number of hydrogen-bond donors (Lipinski definition) is 1. The molecule has 5 aliphatic rings. The first-order valence-electron chi connectivity index (χ1n) is 14.2. The molecule has 3 heteroatoms. The maximum absolute atomic E-state index is 10.9. The van der Waals surface area contributed by atoms with Crippen LogP contribution in [0, 0.1) is 39.4 Å². The summed E-state index contributed by atoms with van der Waals surface area (Å²) in [7, 11) is 1.76. The second kappa shape index (κ2) is 8.18. The molecule has 34 heavy (non-hydrogen) atoms. The summed E-state index contributed by atoms with van der Waals surface area (Å²) in [6.45, 7) is 17.1. The Balaban J connectivity index is 1.46. The number of fused-ring (bicyclic) bond motifs is 4. The minimum absolute atomic E-state index is 0.0156. The molecule has 9 atom stereocenters. The first-order chi connectivity index (χ1) is 15.9. The third-order valence-electron chi connectivity index (χ3n) is 12.6. The average molecular weight is 471 g/mol. The molecule has 0 aromatic carbocycles. The molecule has 4 aliphatic carbocycles. The lowest BCUT2D eigenvalue weighted by Crippen LogP contribution is -2.55. The number of hydrogen-bond acceptors (Lipinski definition) is 3. The zero-order valence-corrected chi connectivity index (χ0v) is 23.2. The molecule has 0 saturated heterocycles. The molecule has 2 saturated carbocycles. The molecular weight excluding hydrogens is 420 g/mol. The van der Waals surface area contributed by atoms with Gasteiger partial charge < -0.3 is 14.6 Å². The molecule has 1 N–H and O–H groups in total. The van der Waals surface area contributed by atoms with Gasteiger partial charge in [-0.2, -0.15) is 0 Å². The van der Waals surface area contributed by atoms with Gasteiger partial charge in [0.05, 0.1) is 12.2 Å². The van der Waals surface area contributed by atoms with Crippen molar-refractivity contribution in [2.24, 2.45) is 39.4 Å². The minimum Gasteiger partial charge on any atom is -0.393 e. The van der Waals surface area contributed by atoms with E-state index in [-0.39, 0.29) is 29.3 Å². The van der Waals surface area contributed by atoms with E-state index in [2.05, 4.69) is 54.5 Å². The molecule has 0 aromatic heterocycles. The van der Waals surface area contributed by atoms with Gasteiger partial charge in [0.2, 0.25) is 0 Å². The topological polar surface area (TPSA) is 38.7 Å². The highest BCUT2D eigenvalue weighted by molar-refractivity contribution is 5.38. The van der Waals surface area contributed by atoms with Crippen LogP contribution in [0.4, 0.5) is 0 Å². The summed E-state index contributed by atoms with van der Waals surface area (Å²) in [5.74, 6) is 1.82. The van der Waals surface area contributed by atoms with Crippen LogP contribution in [0.3, 0.4) is 0 Å². The van der Waals surface area contributed by atoms with Crippen LogP contribution >= 0.6 is 0 Å². The van der Waals surface area contributed by atoms with Gasteiger partial charge in [0, 0.05) is 7.11 Å². The fraction of sp³-hybridized carbons (Fsp3) is 0.871. The number of aliphatic hydroxyl groups is 1. The molecule has 5 rings (SSSR count). The van der Waals surface area contributed by atoms with Crippen LogP contribution in [-0.2, 0) is 9.47 Å². The lowest BCUT2D eigenvalue weighted by molar-refractivity contribution is -0.163. The molecule has 1 aliphatic heterocycles. The predicted octanol–water partition coefficient (Wildman–Crippen LogP) is 7.44. The summed E-state index contributed by atoms with van der Waals surface area (Å²) in [4.78, 5) is 0. The number of methoxy groups -OCH3 is 1. The summed E-state index contributed by atoms with van der Waals surface area (Å²) in [5.41, 5.74) is 5.77. The largest absolute Gasteiger partial charge is 0.393 e. The minimum atomic E-state index is -0.178. The SMILES string of the molecule is CO[C@H]1O[C@H]([C@@H](C)[C@H]2CC[C@@]3(C)C4=C(CC[C@]23C)[C@@]2(C)CC[C@H](O)C(C)(C)[C@@H]2CC4)CC=C1C. The van der Waals surface area contributed by atoms with Gasteiger partial charge >= 0.3 is 0 Å². The zero-order valence-electron chi connectivity index (χ0n) is 23.2. The van der Waals surface area contributed by atoms with Gasteiger partial charge in [-0.05, 0) is 110 Å². The van der Waals surface area contributed by atoms with Crippen molar-refractivity contribution in [3.05, 3.63) is 22.8 Å². The smallest absolute Gasteiger partial charge is 0.179 e. The Hall–Kier alpha value is -0.640. The van der Waals surface area contributed by atoms with Crippen molar-refractivity contribution in [3.63, 3.8) is 0 Å². The summed E-state index contributed by atoms with van der Waals surface area (Å²) in [6, 6.07) is 0. The standard InChI is InChI=1S/C31H50O3/c1-19-9-11-24(34-27(19)33-8)20(2)21-13-17-31(7)23-10-12-25-28(3,4)26(32)15-16-29(25,5)22(23)14-18-30(21,31)6/h9,20-21,24-27,32H,10-18H2,1-8H3/t20-,21+,24-,25-,26-,27-,29+,30+,31-/m0/s1. The molecule has 0 radical (unpaired) electrons. The molecule has 0 unspecified atom stereocenters. The molecule has 0 amide bonds. The number of rotatable bonds is 3. The molecule has 1 heterocycles. The molecule has 2 fully saturated rings. The Kier molecular flexibility index (Phi) is 6.02. The van der Waals surface area contributed by atoms with Crippen LogP contribution in [0.1, 0.15) is 106 Å². The fourth-order valence-electron chi connectivity index (χ4n) is 10.1.